The van der Waals surface area contributed by atoms with Crippen molar-refractivity contribution in [2.24, 2.45) is 5.92 Å². The fourth-order valence-corrected chi connectivity index (χ4v) is 2.16. The highest BCUT2D eigenvalue weighted by atomic mass is 16.3. The number of carbonyl (C=O) groups is 1. The molecule has 0 unspecified atom stereocenters. The lowest BCUT2D eigenvalue weighted by atomic mass is 9.91. The minimum absolute atomic E-state index is 0.0245. The molecule has 0 radical (unpaired) electrons. The van der Waals surface area contributed by atoms with E-state index in [0.29, 0.717) is 0 Å². The van der Waals surface area contributed by atoms with E-state index >= 15 is 0 Å². The van der Waals surface area contributed by atoms with E-state index < -0.39 is 5.54 Å². The van der Waals surface area contributed by atoms with Crippen molar-refractivity contribution in [3.05, 3.63) is 0 Å². The van der Waals surface area contributed by atoms with Gasteiger partial charge in [0.05, 0.1) is 12.1 Å². The van der Waals surface area contributed by atoms with Gasteiger partial charge in [-0.3, -0.25) is 4.79 Å². The first-order valence-electron chi connectivity index (χ1n) is 7.01. The molecule has 3 heteroatoms. The zero-order valence-corrected chi connectivity index (χ0v) is 11.9. The number of hydrogen-bond acceptors (Lipinski definition) is 2. The van der Waals surface area contributed by atoms with Crippen molar-refractivity contribution >= 4 is 5.91 Å². The van der Waals surface area contributed by atoms with E-state index in [2.05, 4.69) is 19.2 Å². The Kier molecular flexibility index (Phi) is 8.23. The van der Waals surface area contributed by atoms with Crippen LogP contribution in [0.25, 0.3) is 0 Å². The van der Waals surface area contributed by atoms with E-state index in [-0.39, 0.29) is 18.4 Å². The van der Waals surface area contributed by atoms with Gasteiger partial charge in [0.2, 0.25) is 5.91 Å². The van der Waals surface area contributed by atoms with E-state index in [9.17, 15) is 9.90 Å². The second-order valence-corrected chi connectivity index (χ2v) is 4.91. The molecule has 0 aromatic rings. The Morgan fingerprint density at radius 2 is 1.59 bits per heavy atom. The minimum atomic E-state index is -0.420. The van der Waals surface area contributed by atoms with Gasteiger partial charge < -0.3 is 10.4 Å². The van der Waals surface area contributed by atoms with Crippen molar-refractivity contribution < 1.29 is 9.90 Å². The van der Waals surface area contributed by atoms with E-state index in [0.717, 1.165) is 38.5 Å². The SMILES string of the molecule is CCCC(CCC)C(=O)NC(CC)(CC)CO. The topological polar surface area (TPSA) is 49.3 Å². The van der Waals surface area contributed by atoms with Gasteiger partial charge in [-0.2, -0.15) is 0 Å². The molecule has 0 aliphatic heterocycles. The summed E-state index contributed by atoms with van der Waals surface area (Å²) in [6, 6.07) is 0. The van der Waals surface area contributed by atoms with Gasteiger partial charge in [0.25, 0.3) is 0 Å². The highest BCUT2D eigenvalue weighted by Gasteiger charge is 2.29. The number of aliphatic hydroxyl groups is 1. The summed E-state index contributed by atoms with van der Waals surface area (Å²) in [5, 5.41) is 12.5. The summed E-state index contributed by atoms with van der Waals surface area (Å²) in [5.41, 5.74) is -0.420. The van der Waals surface area contributed by atoms with Crippen LogP contribution in [0.5, 0.6) is 0 Å². The molecule has 0 aromatic heterocycles. The second-order valence-electron chi connectivity index (χ2n) is 4.91. The van der Waals surface area contributed by atoms with Crippen molar-refractivity contribution in [2.75, 3.05) is 6.61 Å². The van der Waals surface area contributed by atoms with Crippen LogP contribution in [0.3, 0.4) is 0 Å². The Balaban J connectivity index is 4.55. The first kappa shape index (κ1) is 16.4. The van der Waals surface area contributed by atoms with Crippen LogP contribution in [0.1, 0.15) is 66.2 Å². The standard InChI is InChI=1S/C14H29NO2/c1-5-9-12(10-6-2)13(17)15-14(7-3,8-4)11-16/h12,16H,5-11H2,1-4H3,(H,15,17). The highest BCUT2D eigenvalue weighted by molar-refractivity contribution is 5.79. The summed E-state index contributed by atoms with van der Waals surface area (Å²) in [6.45, 7) is 8.25. The molecule has 0 saturated carbocycles. The molecule has 0 aliphatic rings. The predicted octanol–water partition coefficient (Wildman–Crippen LogP) is 2.87. The largest absolute Gasteiger partial charge is 0.394 e. The molecule has 0 bridgehead atoms. The molecular weight excluding hydrogens is 214 g/mol. The summed E-state index contributed by atoms with van der Waals surface area (Å²) >= 11 is 0. The third-order valence-corrected chi connectivity index (χ3v) is 3.69. The average Bonchev–Trinajstić information content (AvgIpc) is 2.35. The molecule has 0 rings (SSSR count). The summed E-state index contributed by atoms with van der Waals surface area (Å²) in [5.74, 6) is 0.223. The summed E-state index contributed by atoms with van der Waals surface area (Å²) < 4.78 is 0. The van der Waals surface area contributed by atoms with Crippen molar-refractivity contribution in [2.45, 2.75) is 71.8 Å². The first-order valence-corrected chi connectivity index (χ1v) is 7.01. The number of carbonyl (C=O) groups excluding carboxylic acids is 1. The van der Waals surface area contributed by atoms with Crippen molar-refractivity contribution in [1.82, 2.24) is 5.32 Å². The van der Waals surface area contributed by atoms with Crippen molar-refractivity contribution in [3.63, 3.8) is 0 Å². The molecule has 0 atom stereocenters. The minimum Gasteiger partial charge on any atom is -0.394 e. The van der Waals surface area contributed by atoms with Gasteiger partial charge >= 0.3 is 0 Å². The van der Waals surface area contributed by atoms with Crippen LogP contribution in [0.4, 0.5) is 0 Å². The van der Waals surface area contributed by atoms with Gasteiger partial charge in [-0.15, -0.1) is 0 Å². The fraction of sp³-hybridized carbons (Fsp3) is 0.929. The smallest absolute Gasteiger partial charge is 0.223 e. The third kappa shape index (κ3) is 5.07. The van der Waals surface area contributed by atoms with Crippen LogP contribution in [0.2, 0.25) is 0 Å². The summed E-state index contributed by atoms with van der Waals surface area (Å²) in [7, 11) is 0. The second kappa shape index (κ2) is 8.51. The van der Waals surface area contributed by atoms with Crippen LogP contribution < -0.4 is 5.32 Å². The Bertz CT molecular complexity index is 198. The maximum atomic E-state index is 12.2. The molecule has 102 valence electrons. The van der Waals surface area contributed by atoms with Crippen LogP contribution in [-0.4, -0.2) is 23.2 Å². The van der Waals surface area contributed by atoms with E-state index in [1.807, 2.05) is 13.8 Å². The highest BCUT2D eigenvalue weighted by Crippen LogP contribution is 2.19. The number of rotatable bonds is 9. The lowest BCUT2D eigenvalue weighted by molar-refractivity contribution is -0.128. The number of amides is 1. The van der Waals surface area contributed by atoms with Gasteiger partial charge in [-0.25, -0.2) is 0 Å². The molecule has 1 amide bonds. The quantitative estimate of drug-likeness (QED) is 0.654. The fourth-order valence-electron chi connectivity index (χ4n) is 2.16. The third-order valence-electron chi connectivity index (χ3n) is 3.69. The number of aliphatic hydroxyl groups excluding tert-OH is 1. The first-order chi connectivity index (χ1) is 8.09. The maximum Gasteiger partial charge on any atom is 0.223 e. The van der Waals surface area contributed by atoms with Gasteiger partial charge in [-0.05, 0) is 25.7 Å². The van der Waals surface area contributed by atoms with Crippen LogP contribution in [0, 0.1) is 5.92 Å². The van der Waals surface area contributed by atoms with E-state index in [1.54, 1.807) is 0 Å². The lowest BCUT2D eigenvalue weighted by Gasteiger charge is -2.32. The van der Waals surface area contributed by atoms with E-state index in [4.69, 9.17) is 0 Å². The molecular formula is C14H29NO2. The maximum absolute atomic E-state index is 12.2. The summed E-state index contributed by atoms with van der Waals surface area (Å²) in [4.78, 5) is 12.2. The van der Waals surface area contributed by atoms with Crippen molar-refractivity contribution in [3.8, 4) is 0 Å². The molecule has 2 N–H and O–H groups in total. The van der Waals surface area contributed by atoms with Gasteiger partial charge in [0.15, 0.2) is 0 Å². The monoisotopic (exact) mass is 243 g/mol. The normalized spacial score (nSPS) is 11.9. The van der Waals surface area contributed by atoms with Crippen LogP contribution in [-0.2, 0) is 4.79 Å². The predicted molar refractivity (Wildman–Crippen MR) is 71.8 cm³/mol. The molecule has 0 spiro atoms. The lowest BCUT2D eigenvalue weighted by Crippen LogP contribution is -2.52. The molecule has 17 heavy (non-hydrogen) atoms. The Hall–Kier alpha value is -0.570. The zero-order chi connectivity index (χ0) is 13.3. The zero-order valence-electron chi connectivity index (χ0n) is 11.9. The molecule has 0 aliphatic carbocycles. The van der Waals surface area contributed by atoms with Gasteiger partial charge in [0.1, 0.15) is 0 Å². The Morgan fingerprint density at radius 1 is 1.12 bits per heavy atom. The number of nitrogens with one attached hydrogen (secondary N) is 1. The Morgan fingerprint density at radius 3 is 1.88 bits per heavy atom. The molecule has 3 nitrogen and oxygen atoms in total. The average molecular weight is 243 g/mol. The molecule has 0 saturated heterocycles. The number of hydrogen-bond donors (Lipinski definition) is 2. The Labute approximate surface area is 106 Å². The van der Waals surface area contributed by atoms with Gasteiger partial charge in [-0.1, -0.05) is 40.5 Å². The summed E-state index contributed by atoms with van der Waals surface area (Å²) in [6.07, 6.45) is 5.49. The van der Waals surface area contributed by atoms with Crippen molar-refractivity contribution in [1.29, 1.82) is 0 Å². The van der Waals surface area contributed by atoms with Gasteiger partial charge in [0, 0.05) is 5.92 Å². The molecule has 0 aromatic carbocycles. The molecule has 0 fully saturated rings. The van der Waals surface area contributed by atoms with Crippen LogP contribution in [0.15, 0.2) is 0 Å². The molecule has 0 heterocycles. The van der Waals surface area contributed by atoms with E-state index in [1.165, 1.54) is 0 Å². The van der Waals surface area contributed by atoms with Crippen LogP contribution >= 0.6 is 0 Å².